The Morgan fingerprint density at radius 3 is 2.89 bits per heavy atom. The molecule has 1 amide bonds. The summed E-state index contributed by atoms with van der Waals surface area (Å²) in [6.45, 7) is 5.24. The monoisotopic (exact) mass is 384 g/mol. The Hall–Kier alpha value is -2.54. The maximum absolute atomic E-state index is 13.0. The molecule has 0 spiro atoms. The van der Waals surface area contributed by atoms with Crippen molar-refractivity contribution in [1.29, 1.82) is 0 Å². The maximum Gasteiger partial charge on any atom is 0.219 e. The molecule has 28 heavy (non-hydrogen) atoms. The van der Waals surface area contributed by atoms with E-state index in [0.717, 1.165) is 56.0 Å². The van der Waals surface area contributed by atoms with Crippen LogP contribution in [0.3, 0.4) is 0 Å². The van der Waals surface area contributed by atoms with Crippen LogP contribution < -0.4 is 4.74 Å². The predicted octanol–water partition coefficient (Wildman–Crippen LogP) is 2.74. The molecule has 1 saturated heterocycles. The molecular formula is C21H25FN4O2. The molecule has 148 valence electrons. The number of amides is 1. The van der Waals surface area contributed by atoms with Crippen molar-refractivity contribution in [2.45, 2.75) is 38.8 Å². The molecule has 0 N–H and O–H groups in total. The van der Waals surface area contributed by atoms with Gasteiger partial charge in [0.1, 0.15) is 24.0 Å². The first-order chi connectivity index (χ1) is 13.6. The summed E-state index contributed by atoms with van der Waals surface area (Å²) in [6.07, 6.45) is 4.82. The Balaban J connectivity index is 1.38. The molecule has 0 bridgehead atoms. The molecule has 1 fully saturated rings. The van der Waals surface area contributed by atoms with E-state index >= 15 is 0 Å². The molecule has 0 unspecified atom stereocenters. The second-order valence-electron chi connectivity index (χ2n) is 7.39. The number of carbonyl (C=O) groups excluding carboxylic acids is 1. The highest BCUT2D eigenvalue weighted by Gasteiger charge is 2.29. The van der Waals surface area contributed by atoms with Gasteiger partial charge in [0.15, 0.2) is 0 Å². The zero-order valence-corrected chi connectivity index (χ0v) is 16.1. The van der Waals surface area contributed by atoms with Crippen LogP contribution in [0.15, 0.2) is 30.5 Å². The molecule has 0 aliphatic carbocycles. The highest BCUT2D eigenvalue weighted by atomic mass is 19.1. The second kappa shape index (κ2) is 8.22. The van der Waals surface area contributed by atoms with Gasteiger partial charge < -0.3 is 9.64 Å². The number of ether oxygens (including phenoxy) is 1. The van der Waals surface area contributed by atoms with Gasteiger partial charge in [0.2, 0.25) is 5.91 Å². The normalized spacial score (nSPS) is 19.5. The number of fused-ring (bicyclic) bond motifs is 1. The molecule has 2 aliphatic rings. The summed E-state index contributed by atoms with van der Waals surface area (Å²) in [5.41, 5.74) is 2.12. The first kappa shape index (κ1) is 18.8. The minimum Gasteiger partial charge on any atom is -0.492 e. The fraction of sp³-hybridized carbons (Fsp3) is 0.476. The average molecular weight is 384 g/mol. The van der Waals surface area contributed by atoms with Gasteiger partial charge in [-0.2, -0.15) is 0 Å². The number of benzene rings is 1. The summed E-state index contributed by atoms with van der Waals surface area (Å²) in [6, 6.07) is 6.30. The van der Waals surface area contributed by atoms with Crippen molar-refractivity contribution in [1.82, 2.24) is 19.8 Å². The Morgan fingerprint density at radius 2 is 2.11 bits per heavy atom. The van der Waals surface area contributed by atoms with Crippen LogP contribution in [0, 0.1) is 5.82 Å². The first-order valence-electron chi connectivity index (χ1n) is 9.83. The number of rotatable bonds is 5. The number of carbonyl (C=O) groups is 1. The van der Waals surface area contributed by atoms with Crippen LogP contribution in [-0.4, -0.2) is 51.9 Å². The lowest BCUT2D eigenvalue weighted by Crippen LogP contribution is -2.35. The third-order valence-corrected chi connectivity index (χ3v) is 5.52. The largest absolute Gasteiger partial charge is 0.492 e. The van der Waals surface area contributed by atoms with Gasteiger partial charge in [-0.05, 0) is 43.7 Å². The summed E-state index contributed by atoms with van der Waals surface area (Å²) in [7, 11) is 0. The van der Waals surface area contributed by atoms with E-state index < -0.39 is 0 Å². The van der Waals surface area contributed by atoms with Crippen molar-refractivity contribution in [2.75, 3.05) is 26.2 Å². The van der Waals surface area contributed by atoms with Crippen LogP contribution in [0.4, 0.5) is 4.39 Å². The van der Waals surface area contributed by atoms with Crippen LogP contribution in [0.2, 0.25) is 0 Å². The summed E-state index contributed by atoms with van der Waals surface area (Å²) >= 11 is 0. The van der Waals surface area contributed by atoms with Gasteiger partial charge >= 0.3 is 0 Å². The van der Waals surface area contributed by atoms with Crippen molar-refractivity contribution >= 4 is 5.91 Å². The summed E-state index contributed by atoms with van der Waals surface area (Å²) in [4.78, 5) is 25.2. The van der Waals surface area contributed by atoms with Gasteiger partial charge in [-0.15, -0.1) is 0 Å². The van der Waals surface area contributed by atoms with Crippen molar-refractivity contribution in [3.63, 3.8) is 0 Å². The zero-order chi connectivity index (χ0) is 19.5. The number of halogens is 1. The molecule has 4 rings (SSSR count). The third kappa shape index (κ3) is 4.14. The van der Waals surface area contributed by atoms with Crippen molar-refractivity contribution < 1.29 is 13.9 Å². The lowest BCUT2D eigenvalue weighted by Gasteiger charge is -2.28. The quantitative estimate of drug-likeness (QED) is 0.793. The van der Waals surface area contributed by atoms with Gasteiger partial charge in [0.05, 0.1) is 11.7 Å². The van der Waals surface area contributed by atoms with E-state index in [-0.39, 0.29) is 17.8 Å². The molecule has 7 heteroatoms. The van der Waals surface area contributed by atoms with Gasteiger partial charge in [0, 0.05) is 44.7 Å². The topological polar surface area (TPSA) is 58.6 Å². The maximum atomic E-state index is 13.0. The Morgan fingerprint density at radius 1 is 1.29 bits per heavy atom. The van der Waals surface area contributed by atoms with Crippen LogP contribution in [0.1, 0.15) is 42.9 Å². The Kier molecular flexibility index (Phi) is 5.52. The summed E-state index contributed by atoms with van der Waals surface area (Å²) in [5.74, 6) is 1.38. The number of hydrogen-bond donors (Lipinski definition) is 0. The SMILES string of the molecule is CC(=O)N1CCc2nc([C@H]3CCCN3CCOc3ccc(F)cc3)ncc2C1. The molecule has 0 radical (unpaired) electrons. The van der Waals surface area contributed by atoms with Crippen molar-refractivity contribution in [3.8, 4) is 5.75 Å². The van der Waals surface area contributed by atoms with Crippen molar-refractivity contribution in [3.05, 3.63) is 53.4 Å². The zero-order valence-electron chi connectivity index (χ0n) is 16.1. The lowest BCUT2D eigenvalue weighted by molar-refractivity contribution is -0.129. The molecule has 0 saturated carbocycles. The van der Waals surface area contributed by atoms with E-state index in [1.165, 1.54) is 12.1 Å². The van der Waals surface area contributed by atoms with E-state index in [2.05, 4.69) is 9.88 Å². The Bertz CT molecular complexity index is 843. The van der Waals surface area contributed by atoms with E-state index in [0.29, 0.717) is 18.9 Å². The summed E-state index contributed by atoms with van der Waals surface area (Å²) < 4.78 is 18.7. The fourth-order valence-corrected chi connectivity index (χ4v) is 3.96. The molecule has 2 aliphatic heterocycles. The van der Waals surface area contributed by atoms with Gasteiger partial charge in [-0.3, -0.25) is 9.69 Å². The van der Waals surface area contributed by atoms with E-state index in [9.17, 15) is 9.18 Å². The standard InChI is InChI=1S/C21H25FN4O2/c1-15(27)26-10-8-19-16(14-26)13-23-21(24-19)20-3-2-9-25(20)11-12-28-18-6-4-17(22)5-7-18/h4-7,13,20H,2-3,8-12,14H2,1H3/t20-/m1/s1. The number of aromatic nitrogens is 2. The molecule has 1 atom stereocenters. The lowest BCUT2D eigenvalue weighted by atomic mass is 10.1. The van der Waals surface area contributed by atoms with E-state index in [1.54, 1.807) is 19.1 Å². The van der Waals surface area contributed by atoms with Crippen LogP contribution in [0.25, 0.3) is 0 Å². The van der Waals surface area contributed by atoms with Gasteiger partial charge in [-0.25, -0.2) is 14.4 Å². The third-order valence-electron chi connectivity index (χ3n) is 5.52. The predicted molar refractivity (Wildman–Crippen MR) is 102 cm³/mol. The minimum atomic E-state index is -0.261. The highest BCUT2D eigenvalue weighted by molar-refractivity contribution is 5.73. The Labute approximate surface area is 164 Å². The first-order valence-corrected chi connectivity index (χ1v) is 9.83. The van der Waals surface area contributed by atoms with Crippen LogP contribution >= 0.6 is 0 Å². The molecular weight excluding hydrogens is 359 g/mol. The average Bonchev–Trinajstić information content (AvgIpc) is 3.17. The highest BCUT2D eigenvalue weighted by Crippen LogP contribution is 2.30. The number of likely N-dealkylation sites (tertiary alicyclic amines) is 1. The van der Waals surface area contributed by atoms with Crippen LogP contribution in [0.5, 0.6) is 5.75 Å². The molecule has 1 aromatic heterocycles. The van der Waals surface area contributed by atoms with Gasteiger partial charge in [-0.1, -0.05) is 0 Å². The van der Waals surface area contributed by atoms with E-state index in [1.807, 2.05) is 11.1 Å². The van der Waals surface area contributed by atoms with Gasteiger partial charge in [0.25, 0.3) is 0 Å². The number of nitrogens with zero attached hydrogens (tertiary/aromatic N) is 4. The molecule has 6 nitrogen and oxygen atoms in total. The molecule has 3 heterocycles. The van der Waals surface area contributed by atoms with Crippen molar-refractivity contribution in [2.24, 2.45) is 0 Å². The molecule has 1 aromatic carbocycles. The van der Waals surface area contributed by atoms with E-state index in [4.69, 9.17) is 9.72 Å². The second-order valence-corrected chi connectivity index (χ2v) is 7.39. The summed E-state index contributed by atoms with van der Waals surface area (Å²) in [5, 5.41) is 0. The minimum absolute atomic E-state index is 0.0952. The molecule has 2 aromatic rings. The number of hydrogen-bond acceptors (Lipinski definition) is 5. The fourth-order valence-electron chi connectivity index (χ4n) is 3.96. The smallest absolute Gasteiger partial charge is 0.219 e. The van der Waals surface area contributed by atoms with Crippen LogP contribution in [-0.2, 0) is 17.8 Å².